The van der Waals surface area contributed by atoms with Crippen LogP contribution in [0.1, 0.15) is 18.4 Å². The van der Waals surface area contributed by atoms with Crippen molar-refractivity contribution in [2.24, 2.45) is 0 Å². The summed E-state index contributed by atoms with van der Waals surface area (Å²) in [6.07, 6.45) is 4.72. The fourth-order valence-electron chi connectivity index (χ4n) is 3.39. The molecule has 0 spiro atoms. The van der Waals surface area contributed by atoms with Crippen LogP contribution in [0.3, 0.4) is 0 Å². The zero-order valence-corrected chi connectivity index (χ0v) is 18.6. The van der Waals surface area contributed by atoms with Crippen molar-refractivity contribution < 1.29 is 27.4 Å². The number of carbonyl (C=O) groups is 1. The molecule has 1 heterocycles. The Balaban J connectivity index is 1.70. The molecule has 2 aromatic rings. The summed E-state index contributed by atoms with van der Waals surface area (Å²) in [6, 6.07) is 9.63. The van der Waals surface area contributed by atoms with Gasteiger partial charge in [-0.15, -0.1) is 0 Å². The summed E-state index contributed by atoms with van der Waals surface area (Å²) >= 11 is 0. The van der Waals surface area contributed by atoms with Gasteiger partial charge in [0.15, 0.2) is 11.5 Å². The van der Waals surface area contributed by atoms with Crippen molar-refractivity contribution in [2.75, 3.05) is 39.7 Å². The van der Waals surface area contributed by atoms with Crippen LogP contribution < -0.4 is 19.5 Å². The van der Waals surface area contributed by atoms with Crippen molar-refractivity contribution in [3.63, 3.8) is 0 Å². The molecule has 0 saturated carbocycles. The summed E-state index contributed by atoms with van der Waals surface area (Å²) < 4.78 is 42.6. The standard InChI is InChI=1S/C22H26N2O6S/c1-28-19-12-6-16(21(29-2)22(19)30-3)7-13-20(25)23-17-8-10-18(11-9-17)31(26,27)24-14-4-5-15-24/h6-13H,4-5,14-15H2,1-3H3,(H,23,25)/b13-7+. The topological polar surface area (TPSA) is 94.2 Å². The second-order valence-corrected chi connectivity index (χ2v) is 8.82. The quantitative estimate of drug-likeness (QED) is 0.626. The molecule has 8 nitrogen and oxygen atoms in total. The Morgan fingerprint density at radius 1 is 0.935 bits per heavy atom. The average Bonchev–Trinajstić information content (AvgIpc) is 3.33. The number of nitrogens with zero attached hydrogens (tertiary/aromatic N) is 1. The van der Waals surface area contributed by atoms with Crippen molar-refractivity contribution in [3.8, 4) is 17.2 Å². The highest BCUT2D eigenvalue weighted by Gasteiger charge is 2.26. The second kappa shape index (κ2) is 9.84. The van der Waals surface area contributed by atoms with Gasteiger partial charge in [-0.05, 0) is 55.3 Å². The molecular formula is C22H26N2O6S. The Kier molecular flexibility index (Phi) is 7.19. The highest BCUT2D eigenvalue weighted by atomic mass is 32.2. The molecule has 0 aliphatic carbocycles. The summed E-state index contributed by atoms with van der Waals surface area (Å²) in [5, 5.41) is 2.72. The third kappa shape index (κ3) is 5.00. The van der Waals surface area contributed by atoms with Crippen LogP contribution >= 0.6 is 0 Å². The van der Waals surface area contributed by atoms with Gasteiger partial charge in [-0.3, -0.25) is 4.79 Å². The van der Waals surface area contributed by atoms with E-state index in [2.05, 4.69) is 5.32 Å². The second-order valence-electron chi connectivity index (χ2n) is 6.88. The molecule has 3 rings (SSSR count). The molecule has 0 radical (unpaired) electrons. The molecule has 1 saturated heterocycles. The molecule has 0 aromatic heterocycles. The van der Waals surface area contributed by atoms with E-state index in [1.165, 1.54) is 43.8 Å². The number of hydrogen-bond acceptors (Lipinski definition) is 6. The van der Waals surface area contributed by atoms with Gasteiger partial charge in [-0.2, -0.15) is 4.31 Å². The Bertz CT molecular complexity index is 1060. The van der Waals surface area contributed by atoms with Crippen LogP contribution in [0.4, 0.5) is 5.69 Å². The number of methoxy groups -OCH3 is 3. The van der Waals surface area contributed by atoms with Gasteiger partial charge >= 0.3 is 0 Å². The minimum atomic E-state index is -3.48. The lowest BCUT2D eigenvalue weighted by atomic mass is 10.1. The lowest BCUT2D eigenvalue weighted by Gasteiger charge is -2.15. The first kappa shape index (κ1) is 22.6. The maximum Gasteiger partial charge on any atom is 0.248 e. The molecule has 0 atom stereocenters. The van der Waals surface area contributed by atoms with E-state index in [1.54, 1.807) is 30.3 Å². The van der Waals surface area contributed by atoms with E-state index in [-0.39, 0.29) is 10.8 Å². The molecule has 0 bridgehead atoms. The number of benzene rings is 2. The summed E-state index contributed by atoms with van der Waals surface area (Å²) in [7, 11) is 1.06. The van der Waals surface area contributed by atoms with Crippen LogP contribution in [0.5, 0.6) is 17.2 Å². The number of sulfonamides is 1. The number of carbonyl (C=O) groups excluding carboxylic acids is 1. The van der Waals surface area contributed by atoms with Crippen molar-refractivity contribution in [1.82, 2.24) is 4.31 Å². The first-order valence-electron chi connectivity index (χ1n) is 9.79. The van der Waals surface area contributed by atoms with Crippen molar-refractivity contribution in [3.05, 3.63) is 48.0 Å². The van der Waals surface area contributed by atoms with Gasteiger partial charge in [0.25, 0.3) is 0 Å². The van der Waals surface area contributed by atoms with Crippen molar-refractivity contribution in [1.29, 1.82) is 0 Å². The monoisotopic (exact) mass is 446 g/mol. The van der Waals surface area contributed by atoms with Gasteiger partial charge in [0, 0.05) is 30.4 Å². The van der Waals surface area contributed by atoms with Gasteiger partial charge in [0.05, 0.1) is 26.2 Å². The minimum absolute atomic E-state index is 0.220. The molecule has 1 aliphatic heterocycles. The Hall–Kier alpha value is -3.04. The van der Waals surface area contributed by atoms with E-state index in [4.69, 9.17) is 14.2 Å². The minimum Gasteiger partial charge on any atom is -0.493 e. The lowest BCUT2D eigenvalue weighted by Crippen LogP contribution is -2.27. The summed E-state index contributed by atoms with van der Waals surface area (Å²) in [5.74, 6) is 1.03. The summed E-state index contributed by atoms with van der Waals surface area (Å²) in [4.78, 5) is 12.6. The highest BCUT2D eigenvalue weighted by molar-refractivity contribution is 7.89. The van der Waals surface area contributed by atoms with Crippen LogP contribution in [0.2, 0.25) is 0 Å². The van der Waals surface area contributed by atoms with Crippen LogP contribution in [0.25, 0.3) is 6.08 Å². The fourth-order valence-corrected chi connectivity index (χ4v) is 4.91. The van der Waals surface area contributed by atoms with Gasteiger partial charge in [0.2, 0.25) is 21.7 Å². The summed E-state index contributed by atoms with van der Waals surface area (Å²) in [6.45, 7) is 1.09. The third-order valence-corrected chi connectivity index (χ3v) is 6.89. The lowest BCUT2D eigenvalue weighted by molar-refractivity contribution is -0.111. The number of nitrogens with one attached hydrogen (secondary N) is 1. The van der Waals surface area contributed by atoms with E-state index in [9.17, 15) is 13.2 Å². The third-order valence-electron chi connectivity index (χ3n) is 4.97. The van der Waals surface area contributed by atoms with E-state index >= 15 is 0 Å². The van der Waals surface area contributed by atoms with Gasteiger partial charge < -0.3 is 19.5 Å². The molecule has 1 amide bonds. The largest absolute Gasteiger partial charge is 0.493 e. The number of rotatable bonds is 8. The average molecular weight is 447 g/mol. The smallest absolute Gasteiger partial charge is 0.248 e. The Morgan fingerprint density at radius 2 is 1.58 bits per heavy atom. The first-order valence-corrected chi connectivity index (χ1v) is 11.2. The predicted molar refractivity (Wildman–Crippen MR) is 118 cm³/mol. The zero-order chi connectivity index (χ0) is 22.4. The van der Waals surface area contributed by atoms with Gasteiger partial charge in [0.1, 0.15) is 0 Å². The number of amides is 1. The normalized spacial score (nSPS) is 14.5. The number of ether oxygens (including phenoxy) is 3. The van der Waals surface area contributed by atoms with E-state index in [1.807, 2.05) is 0 Å². The summed E-state index contributed by atoms with van der Waals surface area (Å²) in [5.41, 5.74) is 1.14. The van der Waals surface area contributed by atoms with E-state index in [0.717, 1.165) is 12.8 Å². The van der Waals surface area contributed by atoms with Crippen LogP contribution in [0.15, 0.2) is 47.4 Å². The van der Waals surface area contributed by atoms with E-state index < -0.39 is 10.0 Å². The number of hydrogen-bond donors (Lipinski definition) is 1. The molecule has 1 aliphatic rings. The molecular weight excluding hydrogens is 420 g/mol. The Labute approximate surface area is 182 Å². The van der Waals surface area contributed by atoms with Crippen LogP contribution in [-0.2, 0) is 14.8 Å². The van der Waals surface area contributed by atoms with Crippen LogP contribution in [0, 0.1) is 0 Å². The van der Waals surface area contributed by atoms with Gasteiger partial charge in [-0.1, -0.05) is 0 Å². The molecule has 9 heteroatoms. The van der Waals surface area contributed by atoms with Crippen LogP contribution in [-0.4, -0.2) is 53.0 Å². The molecule has 1 N–H and O–H groups in total. The van der Waals surface area contributed by atoms with Crippen molar-refractivity contribution >= 4 is 27.7 Å². The van der Waals surface area contributed by atoms with Gasteiger partial charge in [-0.25, -0.2) is 8.42 Å². The molecule has 31 heavy (non-hydrogen) atoms. The molecule has 1 fully saturated rings. The SMILES string of the molecule is COc1ccc(/C=C/C(=O)Nc2ccc(S(=O)(=O)N3CCCC3)cc2)c(OC)c1OC. The fraction of sp³-hybridized carbons (Fsp3) is 0.318. The Morgan fingerprint density at radius 3 is 2.16 bits per heavy atom. The maximum atomic E-state index is 12.6. The zero-order valence-electron chi connectivity index (χ0n) is 17.8. The maximum absolute atomic E-state index is 12.6. The molecule has 2 aromatic carbocycles. The highest BCUT2D eigenvalue weighted by Crippen LogP contribution is 2.40. The molecule has 0 unspecified atom stereocenters. The van der Waals surface area contributed by atoms with Crippen molar-refractivity contribution in [2.45, 2.75) is 17.7 Å². The van der Waals surface area contributed by atoms with E-state index in [0.29, 0.717) is 41.6 Å². The first-order chi connectivity index (χ1) is 14.9. The molecule has 166 valence electrons. The predicted octanol–water partition coefficient (Wildman–Crippen LogP) is 3.15. The number of anilines is 1.